The third-order valence-corrected chi connectivity index (χ3v) is 2.56. The number of rotatable bonds is 3. The van der Waals surface area contributed by atoms with Gasteiger partial charge in [0.1, 0.15) is 11.6 Å². The number of aromatic nitrogens is 2. The molecule has 0 radical (unpaired) electrons. The van der Waals surface area contributed by atoms with Crippen LogP contribution in [0.15, 0.2) is 18.2 Å². The van der Waals surface area contributed by atoms with Crippen LogP contribution in [0.1, 0.15) is 11.4 Å². The first-order valence-corrected chi connectivity index (χ1v) is 5.65. The molecule has 0 aliphatic heterocycles. The summed E-state index contributed by atoms with van der Waals surface area (Å²) in [5, 5.41) is 2.80. The molecule has 8 heteroatoms. The highest BCUT2D eigenvalue weighted by atomic mass is 19.4. The molecule has 20 heavy (non-hydrogen) atoms. The van der Waals surface area contributed by atoms with Crippen LogP contribution in [0, 0.1) is 6.92 Å². The summed E-state index contributed by atoms with van der Waals surface area (Å²) in [6, 6.07) is 3.16. The normalized spacial score (nSPS) is 11.6. The van der Waals surface area contributed by atoms with Crippen LogP contribution in [0.4, 0.5) is 19.0 Å². The molecule has 0 atom stereocenters. The standard InChI is InChI=1S/C12H11F3N4O/c1-6-18-9-3-2-7(12(13,14)15)4-8(9)11(19-6)17-5-10(16)20/h2-4H,5H2,1H3,(H2,16,20)(H,17,18,19). The smallest absolute Gasteiger partial charge is 0.368 e. The lowest BCUT2D eigenvalue weighted by atomic mass is 10.1. The second-order valence-electron chi connectivity index (χ2n) is 4.17. The van der Waals surface area contributed by atoms with Gasteiger partial charge in [0.2, 0.25) is 5.91 Å². The number of hydrogen-bond donors (Lipinski definition) is 2. The van der Waals surface area contributed by atoms with Crippen LogP contribution in [-0.2, 0) is 11.0 Å². The zero-order valence-corrected chi connectivity index (χ0v) is 10.5. The Bertz CT molecular complexity index is 670. The zero-order chi connectivity index (χ0) is 14.9. The van der Waals surface area contributed by atoms with Gasteiger partial charge in [0.15, 0.2) is 0 Å². The first-order valence-electron chi connectivity index (χ1n) is 5.65. The van der Waals surface area contributed by atoms with Gasteiger partial charge in [0, 0.05) is 5.39 Å². The Hall–Kier alpha value is -2.38. The number of nitrogens with one attached hydrogen (secondary N) is 1. The van der Waals surface area contributed by atoms with E-state index in [2.05, 4.69) is 15.3 Å². The number of alkyl halides is 3. The Balaban J connectivity index is 2.56. The summed E-state index contributed by atoms with van der Waals surface area (Å²) >= 11 is 0. The van der Waals surface area contributed by atoms with Crippen LogP contribution < -0.4 is 11.1 Å². The summed E-state index contributed by atoms with van der Waals surface area (Å²) in [6.45, 7) is 1.38. The summed E-state index contributed by atoms with van der Waals surface area (Å²) in [4.78, 5) is 18.8. The van der Waals surface area contributed by atoms with E-state index in [0.29, 0.717) is 11.3 Å². The Labute approximate surface area is 112 Å². The van der Waals surface area contributed by atoms with Gasteiger partial charge in [-0.15, -0.1) is 0 Å². The number of aryl methyl sites for hydroxylation is 1. The first kappa shape index (κ1) is 14.0. The van der Waals surface area contributed by atoms with Crippen molar-refractivity contribution in [3.05, 3.63) is 29.6 Å². The first-order chi connectivity index (χ1) is 9.27. The Morgan fingerprint density at radius 3 is 2.65 bits per heavy atom. The molecular formula is C12H11F3N4O. The quantitative estimate of drug-likeness (QED) is 0.901. The number of nitrogens with zero attached hydrogens (tertiary/aromatic N) is 2. The number of halogens is 3. The molecule has 1 aromatic heterocycles. The number of hydrogen-bond acceptors (Lipinski definition) is 4. The van der Waals surface area contributed by atoms with Crippen LogP contribution in [0.25, 0.3) is 10.9 Å². The van der Waals surface area contributed by atoms with E-state index >= 15 is 0 Å². The lowest BCUT2D eigenvalue weighted by Crippen LogP contribution is -2.22. The second-order valence-corrected chi connectivity index (χ2v) is 4.17. The summed E-state index contributed by atoms with van der Waals surface area (Å²) in [5.41, 5.74) is 4.55. The number of carbonyl (C=O) groups excluding carboxylic acids is 1. The molecule has 1 heterocycles. The molecule has 0 spiro atoms. The van der Waals surface area contributed by atoms with Crippen molar-refractivity contribution in [3.63, 3.8) is 0 Å². The van der Waals surface area contributed by atoms with Gasteiger partial charge in [0.25, 0.3) is 0 Å². The Morgan fingerprint density at radius 2 is 2.05 bits per heavy atom. The zero-order valence-electron chi connectivity index (χ0n) is 10.5. The summed E-state index contributed by atoms with van der Waals surface area (Å²) in [5.74, 6) is -0.108. The van der Waals surface area contributed by atoms with Crippen molar-refractivity contribution < 1.29 is 18.0 Å². The molecule has 1 amide bonds. The van der Waals surface area contributed by atoms with Crippen LogP contribution in [0.5, 0.6) is 0 Å². The number of benzene rings is 1. The molecule has 0 bridgehead atoms. The van der Waals surface area contributed by atoms with E-state index in [0.717, 1.165) is 12.1 Å². The summed E-state index contributed by atoms with van der Waals surface area (Å²) < 4.78 is 38.1. The average molecular weight is 284 g/mol. The van der Waals surface area contributed by atoms with Crippen LogP contribution >= 0.6 is 0 Å². The van der Waals surface area contributed by atoms with Crippen molar-refractivity contribution in [2.75, 3.05) is 11.9 Å². The predicted molar refractivity (Wildman–Crippen MR) is 67.0 cm³/mol. The molecular weight excluding hydrogens is 273 g/mol. The maximum atomic E-state index is 12.7. The maximum Gasteiger partial charge on any atom is 0.416 e. The van der Waals surface area contributed by atoms with Gasteiger partial charge in [0.05, 0.1) is 17.6 Å². The number of nitrogens with two attached hydrogens (primary N) is 1. The molecule has 1 aromatic carbocycles. The third-order valence-electron chi connectivity index (χ3n) is 2.56. The topological polar surface area (TPSA) is 80.9 Å². The highest BCUT2D eigenvalue weighted by Gasteiger charge is 2.30. The van der Waals surface area contributed by atoms with Gasteiger partial charge >= 0.3 is 6.18 Å². The van der Waals surface area contributed by atoms with Gasteiger partial charge in [-0.05, 0) is 25.1 Å². The van der Waals surface area contributed by atoms with Gasteiger partial charge < -0.3 is 11.1 Å². The van der Waals surface area contributed by atoms with Crippen molar-refractivity contribution in [1.29, 1.82) is 0 Å². The third kappa shape index (κ3) is 2.95. The maximum absolute atomic E-state index is 12.7. The lowest BCUT2D eigenvalue weighted by Gasteiger charge is -2.11. The largest absolute Gasteiger partial charge is 0.416 e. The van der Waals surface area contributed by atoms with E-state index in [1.165, 1.54) is 6.07 Å². The fourth-order valence-electron chi connectivity index (χ4n) is 1.73. The average Bonchev–Trinajstić information content (AvgIpc) is 2.33. The lowest BCUT2D eigenvalue weighted by molar-refractivity contribution is -0.137. The van der Waals surface area contributed by atoms with Crippen LogP contribution in [0.3, 0.4) is 0 Å². The number of fused-ring (bicyclic) bond motifs is 1. The van der Waals surface area contributed by atoms with E-state index in [4.69, 9.17) is 5.73 Å². The van der Waals surface area contributed by atoms with Crippen LogP contribution in [-0.4, -0.2) is 22.4 Å². The molecule has 0 fully saturated rings. The summed E-state index contributed by atoms with van der Waals surface area (Å²) in [7, 11) is 0. The van der Waals surface area contributed by atoms with Crippen molar-refractivity contribution in [2.45, 2.75) is 13.1 Å². The Morgan fingerprint density at radius 1 is 1.35 bits per heavy atom. The van der Waals surface area contributed by atoms with Crippen molar-refractivity contribution >= 4 is 22.6 Å². The monoisotopic (exact) mass is 284 g/mol. The van der Waals surface area contributed by atoms with Gasteiger partial charge in [-0.2, -0.15) is 13.2 Å². The molecule has 3 N–H and O–H groups in total. The minimum Gasteiger partial charge on any atom is -0.368 e. The van der Waals surface area contributed by atoms with E-state index in [1.807, 2.05) is 0 Å². The van der Waals surface area contributed by atoms with Gasteiger partial charge in [-0.1, -0.05) is 0 Å². The molecule has 5 nitrogen and oxygen atoms in total. The minimum absolute atomic E-state index is 0.150. The fraction of sp³-hybridized carbons (Fsp3) is 0.250. The molecule has 0 aliphatic rings. The van der Waals surface area contributed by atoms with Crippen LogP contribution in [0.2, 0.25) is 0 Å². The van der Waals surface area contributed by atoms with E-state index in [9.17, 15) is 18.0 Å². The molecule has 0 unspecified atom stereocenters. The Kier molecular flexibility index (Phi) is 3.47. The minimum atomic E-state index is -4.46. The van der Waals surface area contributed by atoms with E-state index in [-0.39, 0.29) is 17.7 Å². The van der Waals surface area contributed by atoms with Crippen molar-refractivity contribution in [2.24, 2.45) is 5.73 Å². The molecule has 0 saturated carbocycles. The molecule has 2 aromatic rings. The van der Waals surface area contributed by atoms with E-state index < -0.39 is 17.6 Å². The molecule has 2 rings (SSSR count). The van der Waals surface area contributed by atoms with Gasteiger partial charge in [-0.3, -0.25) is 4.79 Å². The number of anilines is 1. The SMILES string of the molecule is Cc1nc(NCC(N)=O)c2cc(C(F)(F)F)ccc2n1. The second kappa shape index (κ2) is 4.95. The number of amides is 1. The molecule has 0 saturated heterocycles. The highest BCUT2D eigenvalue weighted by molar-refractivity contribution is 5.91. The number of primary amides is 1. The molecule has 0 aliphatic carbocycles. The molecule has 106 valence electrons. The van der Waals surface area contributed by atoms with Crippen molar-refractivity contribution in [1.82, 2.24) is 9.97 Å². The van der Waals surface area contributed by atoms with Gasteiger partial charge in [-0.25, -0.2) is 9.97 Å². The number of carbonyl (C=O) groups is 1. The fourth-order valence-corrected chi connectivity index (χ4v) is 1.73. The highest BCUT2D eigenvalue weighted by Crippen LogP contribution is 2.32. The van der Waals surface area contributed by atoms with E-state index in [1.54, 1.807) is 6.92 Å². The predicted octanol–water partition coefficient (Wildman–Crippen LogP) is 1.85. The summed E-state index contributed by atoms with van der Waals surface area (Å²) in [6.07, 6.45) is -4.46. The van der Waals surface area contributed by atoms with Crippen molar-refractivity contribution in [3.8, 4) is 0 Å².